The molecule has 2 aromatic carbocycles. The molecule has 5 heteroatoms. The van der Waals surface area contributed by atoms with Crippen LogP contribution in [-0.2, 0) is 6.54 Å². The summed E-state index contributed by atoms with van der Waals surface area (Å²) < 4.78 is 0. The van der Waals surface area contributed by atoms with Crippen molar-refractivity contribution in [2.75, 3.05) is 13.2 Å². The second kappa shape index (κ2) is 7.42. The second-order valence-electron chi connectivity index (χ2n) is 6.29. The summed E-state index contributed by atoms with van der Waals surface area (Å²) in [4.78, 5) is 1.81. The van der Waals surface area contributed by atoms with Gasteiger partial charge in [0.25, 0.3) is 0 Å². The van der Waals surface area contributed by atoms with Crippen LogP contribution in [0, 0.1) is 0 Å². The van der Waals surface area contributed by atoms with Crippen molar-refractivity contribution in [3.63, 3.8) is 0 Å². The van der Waals surface area contributed by atoms with E-state index in [1.54, 1.807) is 0 Å². The van der Waals surface area contributed by atoms with Crippen molar-refractivity contribution in [1.82, 2.24) is 4.90 Å². The van der Waals surface area contributed by atoms with Crippen molar-refractivity contribution in [3.05, 3.63) is 60.2 Å². The lowest BCUT2D eigenvalue weighted by Crippen LogP contribution is -2.46. The zero-order chi connectivity index (χ0) is 17.1. The summed E-state index contributed by atoms with van der Waals surface area (Å²) in [6, 6.07) is 17.5. The summed E-state index contributed by atoms with van der Waals surface area (Å²) in [6.07, 6.45) is -3.06. The molecule has 128 valence electrons. The van der Waals surface area contributed by atoms with Crippen LogP contribution < -0.4 is 0 Å². The summed E-state index contributed by atoms with van der Waals surface area (Å²) in [5.74, 6) is 0. The molecule has 3 rings (SSSR count). The third-order valence-electron chi connectivity index (χ3n) is 4.62. The van der Waals surface area contributed by atoms with Crippen molar-refractivity contribution in [1.29, 1.82) is 0 Å². The first-order chi connectivity index (χ1) is 11.6. The van der Waals surface area contributed by atoms with Gasteiger partial charge in [0.2, 0.25) is 0 Å². The van der Waals surface area contributed by atoms with Gasteiger partial charge < -0.3 is 20.4 Å². The maximum absolute atomic E-state index is 10.0. The number of benzene rings is 2. The Morgan fingerprint density at radius 1 is 0.958 bits per heavy atom. The number of rotatable bonds is 5. The molecule has 1 fully saturated rings. The highest BCUT2D eigenvalue weighted by Crippen LogP contribution is 2.25. The molecule has 0 radical (unpaired) electrons. The zero-order valence-corrected chi connectivity index (χ0v) is 13.4. The molecule has 24 heavy (non-hydrogen) atoms. The summed E-state index contributed by atoms with van der Waals surface area (Å²) >= 11 is 0. The fourth-order valence-corrected chi connectivity index (χ4v) is 3.33. The molecule has 1 aliphatic rings. The topological polar surface area (TPSA) is 84.2 Å². The molecule has 1 aliphatic heterocycles. The highest BCUT2D eigenvalue weighted by atomic mass is 16.3. The molecule has 0 spiro atoms. The highest BCUT2D eigenvalue weighted by molar-refractivity contribution is 5.63. The monoisotopic (exact) mass is 329 g/mol. The quantitative estimate of drug-likeness (QED) is 0.646. The van der Waals surface area contributed by atoms with E-state index in [1.165, 1.54) is 0 Å². The lowest BCUT2D eigenvalue weighted by atomic mass is 10.0. The van der Waals surface area contributed by atoms with Crippen LogP contribution in [0.1, 0.15) is 5.56 Å². The Balaban J connectivity index is 1.73. The van der Waals surface area contributed by atoms with Crippen LogP contribution in [0.3, 0.4) is 0 Å². The molecule has 1 saturated heterocycles. The van der Waals surface area contributed by atoms with E-state index in [0.717, 1.165) is 16.7 Å². The first-order valence-electron chi connectivity index (χ1n) is 8.13. The number of aliphatic hydroxyl groups excluding tert-OH is 4. The smallest absolute Gasteiger partial charge is 0.0992 e. The maximum atomic E-state index is 10.0. The fourth-order valence-electron chi connectivity index (χ4n) is 3.33. The molecule has 2 aromatic rings. The lowest BCUT2D eigenvalue weighted by molar-refractivity contribution is -0.0317. The minimum absolute atomic E-state index is 0.267. The van der Waals surface area contributed by atoms with Crippen molar-refractivity contribution >= 4 is 0 Å². The van der Waals surface area contributed by atoms with Crippen LogP contribution in [0.15, 0.2) is 54.6 Å². The summed E-state index contributed by atoms with van der Waals surface area (Å²) in [5, 5.41) is 39.0. The molecule has 0 bridgehead atoms. The van der Waals surface area contributed by atoms with Crippen molar-refractivity contribution in [3.8, 4) is 11.1 Å². The van der Waals surface area contributed by atoms with Gasteiger partial charge in [-0.05, 0) is 16.7 Å². The molecule has 0 aromatic heterocycles. The minimum Gasteiger partial charge on any atom is -0.394 e. The number of aliphatic hydroxyl groups is 4. The molecule has 0 saturated carbocycles. The Labute approximate surface area is 141 Å². The molecule has 0 amide bonds. The number of β-amino-alcohol motifs (C(OH)–C–C–N with tert-alkyl or cyclic N) is 1. The molecule has 4 atom stereocenters. The van der Waals surface area contributed by atoms with Gasteiger partial charge in [0.05, 0.1) is 31.0 Å². The predicted molar refractivity (Wildman–Crippen MR) is 91.2 cm³/mol. The van der Waals surface area contributed by atoms with Gasteiger partial charge in [0, 0.05) is 13.1 Å². The number of nitrogens with zero attached hydrogens (tertiary/aromatic N) is 1. The lowest BCUT2D eigenvalue weighted by Gasteiger charge is -2.29. The third kappa shape index (κ3) is 3.50. The summed E-state index contributed by atoms with van der Waals surface area (Å²) in [5.41, 5.74) is 3.28. The minimum atomic E-state index is -1.08. The summed E-state index contributed by atoms with van der Waals surface area (Å²) in [6.45, 7) is 0.312. The SMILES string of the molecule is OC[C@@H](O)[C@H]1[C@H](O)[C@H](O)CN1Cc1ccc(-c2ccccc2)cc1. The first-order valence-corrected chi connectivity index (χ1v) is 8.13. The molecule has 0 unspecified atom stereocenters. The average molecular weight is 329 g/mol. The van der Waals surface area contributed by atoms with E-state index in [0.29, 0.717) is 6.54 Å². The van der Waals surface area contributed by atoms with Crippen LogP contribution in [0.25, 0.3) is 11.1 Å². The molecule has 5 nitrogen and oxygen atoms in total. The zero-order valence-electron chi connectivity index (χ0n) is 13.4. The van der Waals surface area contributed by atoms with E-state index in [-0.39, 0.29) is 6.54 Å². The van der Waals surface area contributed by atoms with Gasteiger partial charge in [-0.2, -0.15) is 0 Å². The normalized spacial score (nSPS) is 25.8. The molecule has 4 N–H and O–H groups in total. The predicted octanol–water partition coefficient (Wildman–Crippen LogP) is 0.613. The molecule has 1 heterocycles. The van der Waals surface area contributed by atoms with Crippen LogP contribution in [0.2, 0.25) is 0 Å². The van der Waals surface area contributed by atoms with E-state index < -0.39 is 31.0 Å². The maximum Gasteiger partial charge on any atom is 0.0992 e. The van der Waals surface area contributed by atoms with Gasteiger partial charge in [0.15, 0.2) is 0 Å². The molecular weight excluding hydrogens is 306 g/mol. The molecular formula is C19H23NO4. The Morgan fingerprint density at radius 2 is 1.58 bits per heavy atom. The number of likely N-dealkylation sites (tertiary alicyclic amines) is 1. The van der Waals surface area contributed by atoms with E-state index in [2.05, 4.69) is 12.1 Å². The van der Waals surface area contributed by atoms with E-state index in [1.807, 2.05) is 47.4 Å². The van der Waals surface area contributed by atoms with Gasteiger partial charge in [0.1, 0.15) is 0 Å². The number of hydrogen-bond donors (Lipinski definition) is 4. The number of hydrogen-bond acceptors (Lipinski definition) is 5. The highest BCUT2D eigenvalue weighted by Gasteiger charge is 2.43. The Kier molecular flexibility index (Phi) is 5.28. The van der Waals surface area contributed by atoms with Crippen molar-refractivity contribution < 1.29 is 20.4 Å². The van der Waals surface area contributed by atoms with Gasteiger partial charge in [-0.3, -0.25) is 4.90 Å². The summed E-state index contributed by atoms with van der Waals surface area (Å²) in [7, 11) is 0. The van der Waals surface area contributed by atoms with Crippen LogP contribution in [0.5, 0.6) is 0 Å². The standard InChI is InChI=1S/C19H23NO4/c21-12-17(23)18-19(24)16(22)11-20(18)10-13-6-8-15(9-7-13)14-4-2-1-3-5-14/h1-9,16-19,21-24H,10-12H2/t16-,17-,18+,19-/m1/s1. The first kappa shape index (κ1) is 17.1. The average Bonchev–Trinajstić information content (AvgIpc) is 2.89. The van der Waals surface area contributed by atoms with E-state index in [9.17, 15) is 20.4 Å². The van der Waals surface area contributed by atoms with Gasteiger partial charge >= 0.3 is 0 Å². The van der Waals surface area contributed by atoms with Crippen molar-refractivity contribution in [2.24, 2.45) is 0 Å². The van der Waals surface area contributed by atoms with E-state index in [4.69, 9.17) is 0 Å². The van der Waals surface area contributed by atoms with Gasteiger partial charge in [-0.1, -0.05) is 54.6 Å². The van der Waals surface area contributed by atoms with Crippen LogP contribution >= 0.6 is 0 Å². The molecule has 0 aliphatic carbocycles. The van der Waals surface area contributed by atoms with Crippen molar-refractivity contribution in [2.45, 2.75) is 30.9 Å². The Morgan fingerprint density at radius 3 is 2.21 bits per heavy atom. The van der Waals surface area contributed by atoms with Gasteiger partial charge in [-0.25, -0.2) is 0 Å². The Hall–Kier alpha value is -1.76. The van der Waals surface area contributed by atoms with Crippen LogP contribution in [0.4, 0.5) is 0 Å². The second-order valence-corrected chi connectivity index (χ2v) is 6.29. The van der Waals surface area contributed by atoms with Gasteiger partial charge in [-0.15, -0.1) is 0 Å². The van der Waals surface area contributed by atoms with Crippen LogP contribution in [-0.4, -0.2) is 62.8 Å². The van der Waals surface area contributed by atoms with E-state index >= 15 is 0 Å². The fraction of sp³-hybridized carbons (Fsp3) is 0.368. The largest absolute Gasteiger partial charge is 0.394 e. The Bertz CT molecular complexity index is 646. The third-order valence-corrected chi connectivity index (χ3v) is 4.62.